The summed E-state index contributed by atoms with van der Waals surface area (Å²) in [6.07, 6.45) is 1.93. The van der Waals surface area contributed by atoms with Crippen molar-refractivity contribution in [3.63, 3.8) is 0 Å². The Labute approximate surface area is 92.4 Å². The zero-order chi connectivity index (χ0) is 10.3. The number of aromatic nitrogens is 1. The number of carbonyl (C=O) groups is 1. The number of hydrogen-bond donors (Lipinski definition) is 2. The molecule has 0 saturated heterocycles. The van der Waals surface area contributed by atoms with Crippen LogP contribution in [-0.4, -0.2) is 16.5 Å². The van der Waals surface area contributed by atoms with Crippen LogP contribution < -0.4 is 11.5 Å². The highest BCUT2D eigenvalue weighted by Crippen LogP contribution is 2.41. The van der Waals surface area contributed by atoms with Gasteiger partial charge in [-0.2, -0.15) is 4.37 Å². The van der Waals surface area contributed by atoms with Gasteiger partial charge < -0.3 is 11.5 Å². The molecule has 0 aliphatic rings. The van der Waals surface area contributed by atoms with E-state index in [0.29, 0.717) is 10.6 Å². The molecule has 4 nitrogen and oxygen atoms in total. The molecule has 74 valence electrons. The van der Waals surface area contributed by atoms with Crippen molar-refractivity contribution in [2.24, 2.45) is 5.73 Å². The summed E-state index contributed by atoms with van der Waals surface area (Å²) in [5.41, 5.74) is 11.5. The molecular weight excluding hydrogens is 238 g/mol. The first kappa shape index (κ1) is 9.75. The Morgan fingerprint density at radius 2 is 2.29 bits per heavy atom. The minimum absolute atomic E-state index is 0.434. The van der Waals surface area contributed by atoms with Gasteiger partial charge in [0.15, 0.2) is 0 Å². The zero-order valence-corrected chi connectivity index (χ0v) is 9.68. The fraction of sp³-hybridized carbons (Fsp3) is 0.143. The molecule has 7 heteroatoms. The maximum Gasteiger partial charge on any atom is 0.260 e. The van der Waals surface area contributed by atoms with Gasteiger partial charge in [-0.25, -0.2) is 0 Å². The predicted octanol–water partition coefficient (Wildman–Crippen LogP) is 1.76. The average Bonchev–Trinajstić information content (AvgIpc) is 2.66. The first-order valence-corrected chi connectivity index (χ1v) is 6.48. The molecule has 0 aromatic carbocycles. The molecule has 0 atom stereocenters. The van der Waals surface area contributed by atoms with Gasteiger partial charge >= 0.3 is 0 Å². The summed E-state index contributed by atoms with van der Waals surface area (Å²) in [5, 5.41) is 1.74. The average molecular weight is 245 g/mol. The molecule has 14 heavy (non-hydrogen) atoms. The molecule has 0 radical (unpaired) electrons. The van der Waals surface area contributed by atoms with Crippen LogP contribution in [0, 0.1) is 0 Å². The van der Waals surface area contributed by atoms with E-state index < -0.39 is 5.91 Å². The first-order valence-electron chi connectivity index (χ1n) is 3.66. The minimum atomic E-state index is -0.469. The number of anilines is 1. The smallest absolute Gasteiger partial charge is 0.260 e. The molecule has 2 rings (SSSR count). The summed E-state index contributed by atoms with van der Waals surface area (Å²) in [6, 6.07) is 0. The van der Waals surface area contributed by atoms with E-state index in [0.717, 1.165) is 14.4 Å². The van der Waals surface area contributed by atoms with Gasteiger partial charge in [0.1, 0.15) is 13.9 Å². The van der Waals surface area contributed by atoms with Gasteiger partial charge in [0.25, 0.3) is 5.91 Å². The maximum atomic E-state index is 11.0. The van der Waals surface area contributed by atoms with Crippen molar-refractivity contribution < 1.29 is 4.79 Å². The highest BCUT2D eigenvalue weighted by molar-refractivity contribution is 7.98. The van der Waals surface area contributed by atoms with Crippen molar-refractivity contribution >= 4 is 55.6 Å². The van der Waals surface area contributed by atoms with Crippen molar-refractivity contribution in [2.45, 2.75) is 5.03 Å². The van der Waals surface area contributed by atoms with Gasteiger partial charge in [0.05, 0.1) is 11.1 Å². The van der Waals surface area contributed by atoms with Gasteiger partial charge in [-0.05, 0) is 17.8 Å². The third-order valence-electron chi connectivity index (χ3n) is 1.76. The highest BCUT2D eigenvalue weighted by Gasteiger charge is 2.18. The van der Waals surface area contributed by atoms with Crippen LogP contribution in [0.15, 0.2) is 5.03 Å². The van der Waals surface area contributed by atoms with Crippen LogP contribution in [0.25, 0.3) is 9.40 Å². The van der Waals surface area contributed by atoms with Gasteiger partial charge in [-0.15, -0.1) is 23.1 Å². The van der Waals surface area contributed by atoms with E-state index in [9.17, 15) is 4.79 Å². The number of nitrogens with zero attached hydrogens (tertiary/aromatic N) is 1. The maximum absolute atomic E-state index is 11.0. The van der Waals surface area contributed by atoms with Crippen LogP contribution in [0.4, 0.5) is 5.69 Å². The largest absolute Gasteiger partial charge is 0.397 e. The lowest BCUT2D eigenvalue weighted by Gasteiger charge is -1.93. The summed E-state index contributed by atoms with van der Waals surface area (Å²) < 4.78 is 5.18. The van der Waals surface area contributed by atoms with Crippen LogP contribution in [-0.2, 0) is 0 Å². The third kappa shape index (κ3) is 1.28. The Balaban J connectivity index is 2.75. The van der Waals surface area contributed by atoms with Gasteiger partial charge in [-0.1, -0.05) is 0 Å². The minimum Gasteiger partial charge on any atom is -0.397 e. The van der Waals surface area contributed by atoms with Gasteiger partial charge in [-0.3, -0.25) is 4.79 Å². The van der Waals surface area contributed by atoms with Crippen LogP contribution in [0.3, 0.4) is 0 Å². The molecule has 0 bridgehead atoms. The van der Waals surface area contributed by atoms with Crippen LogP contribution >= 0.6 is 34.6 Å². The molecule has 0 spiro atoms. The number of nitrogen functional groups attached to an aromatic ring is 1. The van der Waals surface area contributed by atoms with Gasteiger partial charge in [0.2, 0.25) is 0 Å². The molecular formula is C7H7N3OS3. The zero-order valence-electron chi connectivity index (χ0n) is 7.23. The second-order valence-electron chi connectivity index (χ2n) is 2.56. The predicted molar refractivity (Wildman–Crippen MR) is 62.2 cm³/mol. The number of rotatable bonds is 2. The van der Waals surface area contributed by atoms with E-state index in [1.54, 1.807) is 0 Å². The normalized spacial score (nSPS) is 10.9. The van der Waals surface area contributed by atoms with Crippen molar-refractivity contribution in [3.8, 4) is 0 Å². The summed E-state index contributed by atoms with van der Waals surface area (Å²) in [4.78, 5) is 11.5. The summed E-state index contributed by atoms with van der Waals surface area (Å²) in [7, 11) is 0. The van der Waals surface area contributed by atoms with E-state index in [2.05, 4.69) is 4.37 Å². The fourth-order valence-electron chi connectivity index (χ4n) is 1.14. The monoisotopic (exact) mass is 245 g/mol. The number of nitrogens with two attached hydrogens (primary N) is 2. The van der Waals surface area contributed by atoms with E-state index in [1.807, 2.05) is 6.26 Å². The van der Waals surface area contributed by atoms with Crippen molar-refractivity contribution in [2.75, 3.05) is 12.0 Å². The molecule has 2 aromatic heterocycles. The van der Waals surface area contributed by atoms with E-state index in [4.69, 9.17) is 11.5 Å². The second-order valence-corrected chi connectivity index (χ2v) is 5.41. The van der Waals surface area contributed by atoms with Gasteiger partial charge in [0, 0.05) is 0 Å². The number of amides is 1. The lowest BCUT2D eigenvalue weighted by molar-refractivity contribution is 0.100. The molecule has 2 aromatic rings. The number of fused-ring (bicyclic) bond motifs is 1. The molecule has 0 saturated carbocycles. The van der Waals surface area contributed by atoms with Crippen molar-refractivity contribution in [1.82, 2.24) is 4.37 Å². The number of hydrogen-bond acceptors (Lipinski definition) is 6. The molecule has 0 aliphatic carbocycles. The van der Waals surface area contributed by atoms with Crippen LogP contribution in [0.1, 0.15) is 9.67 Å². The molecule has 1 amide bonds. The molecule has 0 unspecified atom stereocenters. The van der Waals surface area contributed by atoms with Crippen molar-refractivity contribution in [3.05, 3.63) is 4.88 Å². The standard InChI is InChI=1S/C7H7N3OS3/c1-12-6-2-3(8)4(5(9)11)13-7(2)14-10-6/h8H2,1H3,(H2,9,11). The topological polar surface area (TPSA) is 82.0 Å². The number of carbonyl (C=O) groups excluding carboxylic acids is 1. The molecule has 2 heterocycles. The highest BCUT2D eigenvalue weighted by atomic mass is 32.2. The summed E-state index contributed by atoms with van der Waals surface area (Å²) in [5.74, 6) is -0.469. The van der Waals surface area contributed by atoms with E-state index in [1.165, 1.54) is 34.6 Å². The summed E-state index contributed by atoms with van der Waals surface area (Å²) in [6.45, 7) is 0. The fourth-order valence-corrected chi connectivity index (χ4v) is 3.97. The number of thiophene rings is 1. The van der Waals surface area contributed by atoms with E-state index >= 15 is 0 Å². The Morgan fingerprint density at radius 1 is 1.57 bits per heavy atom. The number of primary amides is 1. The van der Waals surface area contributed by atoms with Crippen LogP contribution in [0.5, 0.6) is 0 Å². The van der Waals surface area contributed by atoms with Crippen molar-refractivity contribution in [1.29, 1.82) is 0 Å². The summed E-state index contributed by atoms with van der Waals surface area (Å²) >= 11 is 4.18. The quantitative estimate of drug-likeness (QED) is 0.790. The lowest BCUT2D eigenvalue weighted by Crippen LogP contribution is -2.10. The Kier molecular flexibility index (Phi) is 2.38. The molecule has 0 aliphatic heterocycles. The second kappa shape index (κ2) is 3.41. The molecule has 0 fully saturated rings. The van der Waals surface area contributed by atoms with E-state index in [-0.39, 0.29) is 0 Å². The lowest BCUT2D eigenvalue weighted by atomic mass is 10.3. The number of thioether (sulfide) groups is 1. The van der Waals surface area contributed by atoms with Crippen LogP contribution in [0.2, 0.25) is 0 Å². The first-order chi connectivity index (χ1) is 6.65. The SMILES string of the molecule is CSc1nsc2sc(C(N)=O)c(N)c12. The third-order valence-corrected chi connectivity index (χ3v) is 4.69. The Bertz CT molecular complexity index is 501. The molecule has 4 N–H and O–H groups in total. The Hall–Kier alpha value is -0.790. The Morgan fingerprint density at radius 3 is 2.86 bits per heavy atom.